The second-order valence-corrected chi connectivity index (χ2v) is 11.2. The van der Waals surface area contributed by atoms with Gasteiger partial charge >= 0.3 is 0 Å². The number of hydrogen-bond acceptors (Lipinski definition) is 3. The molecule has 0 atom stereocenters. The van der Waals surface area contributed by atoms with Crippen LogP contribution in [0.3, 0.4) is 0 Å². The molecule has 3 nitrogen and oxygen atoms in total. The third-order valence-corrected chi connectivity index (χ3v) is 9.25. The molecule has 0 bridgehead atoms. The summed E-state index contributed by atoms with van der Waals surface area (Å²) in [6, 6.07) is 40.9. The van der Waals surface area contributed by atoms with Crippen molar-refractivity contribution < 1.29 is 0 Å². The van der Waals surface area contributed by atoms with Gasteiger partial charge in [-0.05, 0) is 23.3 Å². The zero-order valence-corrected chi connectivity index (χ0v) is 21.7. The first-order valence-corrected chi connectivity index (χ1v) is 14.1. The molecule has 5 aromatic carbocycles. The Hall–Kier alpha value is -4.80. The van der Waals surface area contributed by atoms with Crippen LogP contribution < -0.4 is 0 Å². The van der Waals surface area contributed by atoms with E-state index in [1.54, 1.807) is 0 Å². The van der Waals surface area contributed by atoms with Crippen LogP contribution in [0.4, 0.5) is 0 Å². The second-order valence-electron chi connectivity index (χ2n) is 10.2. The number of benzene rings is 5. The van der Waals surface area contributed by atoms with Crippen LogP contribution in [-0.2, 0) is 6.42 Å². The van der Waals surface area contributed by atoms with E-state index in [0.717, 1.165) is 34.5 Å². The van der Waals surface area contributed by atoms with Gasteiger partial charge < -0.3 is 0 Å². The largest absolute Gasteiger partial charge is 0.276 e. The van der Waals surface area contributed by atoms with Crippen molar-refractivity contribution in [2.24, 2.45) is 0 Å². The highest BCUT2D eigenvalue weighted by Gasteiger charge is 2.30. The molecule has 0 amide bonds. The number of hydrogen-bond donors (Lipinski definition) is 0. The minimum atomic E-state index is 0.723. The highest BCUT2D eigenvalue weighted by atomic mass is 32.1. The van der Waals surface area contributed by atoms with Gasteiger partial charge in [0.05, 0.1) is 27.1 Å². The first kappa shape index (κ1) is 21.2. The van der Waals surface area contributed by atoms with Crippen LogP contribution in [0, 0.1) is 0 Å². The minimum Gasteiger partial charge on any atom is -0.276 e. The van der Waals surface area contributed by atoms with Gasteiger partial charge in [-0.2, -0.15) is 0 Å². The Morgan fingerprint density at radius 1 is 0.615 bits per heavy atom. The molecule has 9 rings (SSSR count). The van der Waals surface area contributed by atoms with Crippen LogP contribution in [0.5, 0.6) is 0 Å². The van der Waals surface area contributed by atoms with E-state index in [4.69, 9.17) is 9.97 Å². The maximum absolute atomic E-state index is 5.33. The fourth-order valence-corrected chi connectivity index (χ4v) is 7.59. The van der Waals surface area contributed by atoms with Crippen molar-refractivity contribution in [3.8, 4) is 28.5 Å². The topological polar surface area (TPSA) is 30.7 Å². The molecule has 0 aliphatic heterocycles. The molecule has 0 spiro atoms. The van der Waals surface area contributed by atoms with Crippen molar-refractivity contribution in [3.05, 3.63) is 126 Å². The van der Waals surface area contributed by atoms with Gasteiger partial charge in [0.25, 0.3) is 0 Å². The summed E-state index contributed by atoms with van der Waals surface area (Å²) in [7, 11) is 0. The predicted molar refractivity (Wildman–Crippen MR) is 163 cm³/mol. The number of rotatable bonds is 2. The van der Waals surface area contributed by atoms with Gasteiger partial charge in [0.15, 0.2) is 0 Å². The Labute approximate surface area is 228 Å². The van der Waals surface area contributed by atoms with Gasteiger partial charge in [0.1, 0.15) is 0 Å². The zero-order chi connectivity index (χ0) is 25.5. The lowest BCUT2D eigenvalue weighted by molar-refractivity contribution is 0.993. The predicted octanol–water partition coefficient (Wildman–Crippen LogP) is 9.18. The van der Waals surface area contributed by atoms with Gasteiger partial charge in [0.2, 0.25) is 5.95 Å². The molecule has 0 N–H and O–H groups in total. The Morgan fingerprint density at radius 3 is 2.28 bits per heavy atom. The van der Waals surface area contributed by atoms with E-state index >= 15 is 0 Å². The van der Waals surface area contributed by atoms with Crippen LogP contribution >= 0.6 is 11.3 Å². The average Bonchev–Trinajstić information content (AvgIpc) is 3.66. The zero-order valence-electron chi connectivity index (χ0n) is 20.9. The van der Waals surface area contributed by atoms with Crippen molar-refractivity contribution in [2.75, 3.05) is 0 Å². The molecule has 0 saturated carbocycles. The lowest BCUT2D eigenvalue weighted by Crippen LogP contribution is -2.05. The molecular weight excluding hydrogens is 494 g/mol. The van der Waals surface area contributed by atoms with E-state index in [2.05, 4.69) is 120 Å². The molecule has 8 aromatic rings. The average molecular weight is 516 g/mol. The van der Waals surface area contributed by atoms with Gasteiger partial charge in [-0.15, -0.1) is 11.3 Å². The Morgan fingerprint density at radius 2 is 1.36 bits per heavy atom. The quantitative estimate of drug-likeness (QED) is 0.230. The van der Waals surface area contributed by atoms with Gasteiger partial charge in [-0.25, -0.2) is 9.97 Å². The van der Waals surface area contributed by atoms with Crippen LogP contribution in [0.2, 0.25) is 0 Å². The van der Waals surface area contributed by atoms with Gasteiger partial charge in [-0.3, -0.25) is 4.57 Å². The summed E-state index contributed by atoms with van der Waals surface area (Å²) in [6.07, 6.45) is 0.921. The molecule has 3 aromatic heterocycles. The summed E-state index contributed by atoms with van der Waals surface area (Å²) >= 11 is 1.87. The molecule has 3 heterocycles. The van der Waals surface area contributed by atoms with E-state index in [9.17, 15) is 0 Å². The Bertz CT molecular complexity index is 2260. The third kappa shape index (κ3) is 2.92. The van der Waals surface area contributed by atoms with E-state index in [0.29, 0.717) is 0 Å². The number of thiophene rings is 1. The highest BCUT2D eigenvalue weighted by molar-refractivity contribution is 7.26. The number of para-hydroxylation sites is 1. The lowest BCUT2D eigenvalue weighted by Gasteiger charge is -2.14. The fraction of sp³-hybridized carbons (Fsp3) is 0.0286. The van der Waals surface area contributed by atoms with E-state index in [-0.39, 0.29) is 0 Å². The molecule has 1 aliphatic rings. The molecule has 0 unspecified atom stereocenters. The summed E-state index contributed by atoms with van der Waals surface area (Å²) in [5.74, 6) is 0.723. The number of fused-ring (bicyclic) bond motifs is 10. The molecular formula is C35H21N3S. The van der Waals surface area contributed by atoms with Crippen molar-refractivity contribution in [2.45, 2.75) is 6.42 Å². The second kappa shape index (κ2) is 7.85. The SMILES string of the molecule is c1ccc(-c2nc(-n3c4c(c5ccc6c7ccccc7sc6c53)Cc3ccccc3-4)nc3ccccc23)cc1. The minimum absolute atomic E-state index is 0.723. The van der Waals surface area contributed by atoms with Crippen LogP contribution in [0.25, 0.3) is 70.4 Å². The first-order valence-electron chi connectivity index (χ1n) is 13.2. The summed E-state index contributed by atoms with van der Waals surface area (Å²) in [6.45, 7) is 0. The highest BCUT2D eigenvalue weighted by Crippen LogP contribution is 2.48. The number of nitrogens with zero attached hydrogens (tertiary/aromatic N) is 3. The van der Waals surface area contributed by atoms with Crippen molar-refractivity contribution >= 4 is 53.3 Å². The maximum atomic E-state index is 5.33. The smallest absolute Gasteiger partial charge is 0.235 e. The molecule has 0 saturated heterocycles. The normalized spacial score (nSPS) is 12.5. The van der Waals surface area contributed by atoms with E-state index in [1.165, 1.54) is 53.5 Å². The molecule has 1 aliphatic carbocycles. The van der Waals surface area contributed by atoms with E-state index < -0.39 is 0 Å². The Kier molecular flexibility index (Phi) is 4.26. The van der Waals surface area contributed by atoms with Gasteiger partial charge in [-0.1, -0.05) is 103 Å². The molecule has 0 radical (unpaired) electrons. The van der Waals surface area contributed by atoms with Crippen LogP contribution in [0.1, 0.15) is 11.1 Å². The third-order valence-electron chi connectivity index (χ3n) is 8.06. The summed E-state index contributed by atoms with van der Waals surface area (Å²) < 4.78 is 4.95. The lowest BCUT2D eigenvalue weighted by atomic mass is 10.1. The number of aromatic nitrogens is 3. The standard InChI is InChI=1S/C35H21N3S/c1-2-10-21(11-3-1)31-27-15-6-8-16-29(27)36-35(37-31)38-32-23-13-5-4-12-22(23)20-28(32)25-18-19-26-24-14-7-9-17-30(24)39-34(26)33(25)38/h1-19H,20H2. The van der Waals surface area contributed by atoms with Crippen LogP contribution in [0.15, 0.2) is 115 Å². The fourth-order valence-electron chi connectivity index (χ4n) is 6.35. The molecule has 182 valence electrons. The molecule has 0 fully saturated rings. The maximum Gasteiger partial charge on any atom is 0.235 e. The first-order chi connectivity index (χ1) is 19.3. The summed E-state index contributed by atoms with van der Waals surface area (Å²) in [5, 5.41) is 4.95. The van der Waals surface area contributed by atoms with Crippen LogP contribution in [-0.4, -0.2) is 14.5 Å². The molecule has 39 heavy (non-hydrogen) atoms. The Balaban J connectivity index is 1.47. The van der Waals surface area contributed by atoms with Crippen molar-refractivity contribution in [3.63, 3.8) is 0 Å². The van der Waals surface area contributed by atoms with Crippen molar-refractivity contribution in [1.29, 1.82) is 0 Å². The van der Waals surface area contributed by atoms with E-state index in [1.807, 2.05) is 11.3 Å². The summed E-state index contributed by atoms with van der Waals surface area (Å²) in [4.78, 5) is 10.6. The van der Waals surface area contributed by atoms with Crippen molar-refractivity contribution in [1.82, 2.24) is 14.5 Å². The molecule has 4 heteroatoms. The summed E-state index contributed by atoms with van der Waals surface area (Å²) in [5.41, 5.74) is 9.44. The monoisotopic (exact) mass is 515 g/mol. The van der Waals surface area contributed by atoms with Gasteiger partial charge in [0, 0.05) is 43.8 Å².